The number of carbonyl (C=O) groups excluding carboxylic acids is 1. The van der Waals surface area contributed by atoms with Crippen LogP contribution in [-0.2, 0) is 11.2 Å². The molecule has 2 aromatic rings. The number of hydrogen-bond acceptors (Lipinski definition) is 5. The molecule has 0 saturated heterocycles. The third-order valence-corrected chi connectivity index (χ3v) is 3.84. The fourth-order valence-electron chi connectivity index (χ4n) is 2.59. The van der Waals surface area contributed by atoms with Gasteiger partial charge in [-0.3, -0.25) is 25.0 Å². The molecular formula is C17H17N3O5. The minimum atomic E-state index is -0.709. The van der Waals surface area contributed by atoms with E-state index in [0.29, 0.717) is 6.54 Å². The van der Waals surface area contributed by atoms with Crippen LogP contribution in [0.3, 0.4) is 0 Å². The molecule has 0 saturated carbocycles. The van der Waals surface area contributed by atoms with Gasteiger partial charge in [-0.25, -0.2) is 0 Å². The lowest BCUT2D eigenvalue weighted by Crippen LogP contribution is -2.32. The number of aryl methyl sites for hydroxylation is 1. The van der Waals surface area contributed by atoms with Gasteiger partial charge in [-0.15, -0.1) is 0 Å². The first-order valence-corrected chi connectivity index (χ1v) is 7.62. The topological polar surface area (TPSA) is 107 Å². The van der Waals surface area contributed by atoms with E-state index in [1.807, 2.05) is 32.0 Å². The van der Waals surface area contributed by atoms with Crippen molar-refractivity contribution in [1.82, 2.24) is 0 Å². The molecule has 0 aromatic heterocycles. The van der Waals surface area contributed by atoms with Gasteiger partial charge in [-0.2, -0.15) is 0 Å². The SMILES string of the molecule is CCN(C(=O)Cc1ccc([N+](=O)[O-])cc1[N+](=O)[O-])c1ccccc1C. The predicted octanol–water partition coefficient (Wildman–Crippen LogP) is 3.41. The first-order valence-electron chi connectivity index (χ1n) is 7.62. The van der Waals surface area contributed by atoms with Crippen molar-refractivity contribution in [2.45, 2.75) is 20.3 Å². The Morgan fingerprint density at radius 2 is 1.76 bits per heavy atom. The lowest BCUT2D eigenvalue weighted by atomic mass is 10.1. The molecule has 0 heterocycles. The number of benzene rings is 2. The molecule has 8 heteroatoms. The fourth-order valence-corrected chi connectivity index (χ4v) is 2.59. The first kappa shape index (κ1) is 18.1. The monoisotopic (exact) mass is 343 g/mol. The molecule has 2 aromatic carbocycles. The maximum atomic E-state index is 12.7. The van der Waals surface area contributed by atoms with Crippen molar-refractivity contribution in [3.63, 3.8) is 0 Å². The summed E-state index contributed by atoms with van der Waals surface area (Å²) in [4.78, 5) is 34.8. The second-order valence-corrected chi connectivity index (χ2v) is 5.43. The second-order valence-electron chi connectivity index (χ2n) is 5.43. The van der Waals surface area contributed by atoms with E-state index in [1.165, 1.54) is 12.1 Å². The van der Waals surface area contributed by atoms with Crippen LogP contribution in [0.1, 0.15) is 18.1 Å². The van der Waals surface area contributed by atoms with Crippen LogP contribution in [-0.4, -0.2) is 22.3 Å². The van der Waals surface area contributed by atoms with Crippen molar-refractivity contribution >= 4 is 23.0 Å². The maximum absolute atomic E-state index is 12.7. The largest absolute Gasteiger partial charge is 0.312 e. The van der Waals surface area contributed by atoms with Gasteiger partial charge < -0.3 is 4.90 Å². The van der Waals surface area contributed by atoms with Crippen LogP contribution in [0.2, 0.25) is 0 Å². The molecule has 130 valence electrons. The number of anilines is 1. The zero-order valence-electron chi connectivity index (χ0n) is 13.8. The Bertz CT molecular complexity index is 835. The molecule has 0 N–H and O–H groups in total. The Labute approximate surface area is 144 Å². The molecule has 8 nitrogen and oxygen atoms in total. The normalized spacial score (nSPS) is 10.3. The van der Waals surface area contributed by atoms with Gasteiger partial charge in [0.05, 0.1) is 22.3 Å². The summed E-state index contributed by atoms with van der Waals surface area (Å²) in [6.07, 6.45) is -0.212. The highest BCUT2D eigenvalue weighted by Crippen LogP contribution is 2.27. The lowest BCUT2D eigenvalue weighted by molar-refractivity contribution is -0.394. The summed E-state index contributed by atoms with van der Waals surface area (Å²) in [6, 6.07) is 10.7. The summed E-state index contributed by atoms with van der Waals surface area (Å²) >= 11 is 0. The molecule has 0 radical (unpaired) electrons. The Balaban J connectivity index is 2.34. The number of nitro benzene ring substituents is 2. The highest BCUT2D eigenvalue weighted by molar-refractivity contribution is 5.95. The van der Waals surface area contributed by atoms with E-state index in [-0.39, 0.29) is 23.6 Å². The van der Waals surface area contributed by atoms with Gasteiger partial charge in [0, 0.05) is 23.9 Å². The summed E-state index contributed by atoms with van der Waals surface area (Å²) in [5, 5.41) is 22.0. The van der Waals surface area contributed by atoms with Crippen LogP contribution >= 0.6 is 0 Å². The molecular weight excluding hydrogens is 326 g/mol. The summed E-state index contributed by atoms with van der Waals surface area (Å²) in [7, 11) is 0. The number of rotatable bonds is 6. The number of nitro groups is 2. The standard InChI is InChI=1S/C17H17N3O5/c1-3-18(15-7-5-4-6-12(15)2)17(21)10-13-8-9-14(19(22)23)11-16(13)20(24)25/h4-9,11H,3,10H2,1-2H3. The summed E-state index contributed by atoms with van der Waals surface area (Å²) < 4.78 is 0. The van der Waals surface area contributed by atoms with Gasteiger partial charge >= 0.3 is 0 Å². The number of hydrogen-bond donors (Lipinski definition) is 0. The maximum Gasteiger partial charge on any atom is 0.279 e. The number of carbonyl (C=O) groups is 1. The van der Waals surface area contributed by atoms with E-state index in [0.717, 1.165) is 17.3 Å². The third kappa shape index (κ3) is 3.97. The van der Waals surface area contributed by atoms with Crippen LogP contribution < -0.4 is 4.90 Å². The van der Waals surface area contributed by atoms with Gasteiger partial charge in [0.25, 0.3) is 11.4 Å². The zero-order valence-corrected chi connectivity index (χ0v) is 13.8. The molecule has 0 fully saturated rings. The van der Waals surface area contributed by atoms with Crippen LogP contribution in [0, 0.1) is 27.2 Å². The van der Waals surface area contributed by atoms with Crippen LogP contribution in [0.25, 0.3) is 0 Å². The van der Waals surface area contributed by atoms with E-state index >= 15 is 0 Å². The van der Waals surface area contributed by atoms with E-state index in [2.05, 4.69) is 0 Å². The number of likely N-dealkylation sites (N-methyl/N-ethyl adjacent to an activating group) is 1. The van der Waals surface area contributed by atoms with Gasteiger partial charge in [0.15, 0.2) is 0 Å². The number of nitrogens with zero attached hydrogens (tertiary/aromatic N) is 3. The molecule has 0 aliphatic rings. The Kier molecular flexibility index (Phi) is 5.43. The van der Waals surface area contributed by atoms with Gasteiger partial charge in [0.1, 0.15) is 0 Å². The molecule has 0 aliphatic carbocycles. The summed E-state index contributed by atoms with van der Waals surface area (Å²) in [6.45, 7) is 4.10. The first-order chi connectivity index (χ1) is 11.8. The zero-order chi connectivity index (χ0) is 18.6. The van der Waals surface area contributed by atoms with E-state index < -0.39 is 15.5 Å². The summed E-state index contributed by atoms with van der Waals surface area (Å²) in [5.41, 5.74) is 0.987. The molecule has 0 unspecified atom stereocenters. The number of para-hydroxylation sites is 1. The van der Waals surface area contributed by atoms with Gasteiger partial charge in [-0.1, -0.05) is 18.2 Å². The molecule has 1 amide bonds. The number of non-ortho nitro benzene ring substituents is 1. The highest BCUT2D eigenvalue weighted by Gasteiger charge is 2.23. The summed E-state index contributed by atoms with van der Waals surface area (Å²) in [5.74, 6) is -0.311. The van der Waals surface area contributed by atoms with E-state index in [4.69, 9.17) is 0 Å². The predicted molar refractivity (Wildman–Crippen MR) is 92.7 cm³/mol. The van der Waals surface area contributed by atoms with Crippen LogP contribution in [0.5, 0.6) is 0 Å². The third-order valence-electron chi connectivity index (χ3n) is 3.84. The van der Waals surface area contributed by atoms with Gasteiger partial charge in [-0.05, 0) is 31.5 Å². The van der Waals surface area contributed by atoms with E-state index in [9.17, 15) is 25.0 Å². The highest BCUT2D eigenvalue weighted by atomic mass is 16.6. The van der Waals surface area contributed by atoms with Crippen molar-refractivity contribution in [3.8, 4) is 0 Å². The van der Waals surface area contributed by atoms with E-state index in [1.54, 1.807) is 11.0 Å². The smallest absolute Gasteiger partial charge is 0.279 e. The Morgan fingerprint density at radius 1 is 1.08 bits per heavy atom. The molecule has 25 heavy (non-hydrogen) atoms. The molecule has 0 spiro atoms. The van der Waals surface area contributed by atoms with Gasteiger partial charge in [0.2, 0.25) is 5.91 Å². The lowest BCUT2D eigenvalue weighted by Gasteiger charge is -2.23. The van der Waals surface area contributed by atoms with Crippen LogP contribution in [0.4, 0.5) is 17.1 Å². The van der Waals surface area contributed by atoms with Crippen LogP contribution in [0.15, 0.2) is 42.5 Å². The quantitative estimate of drug-likeness (QED) is 0.590. The minimum absolute atomic E-state index is 0.146. The number of amides is 1. The van der Waals surface area contributed by atoms with Crippen molar-refractivity contribution in [2.75, 3.05) is 11.4 Å². The average molecular weight is 343 g/mol. The molecule has 0 atom stereocenters. The fraction of sp³-hybridized carbons (Fsp3) is 0.235. The minimum Gasteiger partial charge on any atom is -0.312 e. The second kappa shape index (κ2) is 7.52. The average Bonchev–Trinajstić information content (AvgIpc) is 2.57. The van der Waals surface area contributed by atoms with Crippen molar-refractivity contribution in [2.24, 2.45) is 0 Å². The van der Waals surface area contributed by atoms with Crippen molar-refractivity contribution in [3.05, 3.63) is 73.8 Å². The molecule has 0 aliphatic heterocycles. The van der Waals surface area contributed by atoms with Crippen molar-refractivity contribution in [1.29, 1.82) is 0 Å². The molecule has 2 rings (SSSR count). The van der Waals surface area contributed by atoms with Crippen molar-refractivity contribution < 1.29 is 14.6 Å². The Morgan fingerprint density at radius 3 is 2.32 bits per heavy atom. The molecule has 0 bridgehead atoms. The Hall–Kier alpha value is -3.29.